The number of carbonyl (C=O) groups is 1. The zero-order valence-corrected chi connectivity index (χ0v) is 16.4. The largest absolute Gasteiger partial charge is 0.495 e. The van der Waals surface area contributed by atoms with E-state index < -0.39 is 16.2 Å². The molecule has 0 saturated heterocycles. The van der Waals surface area contributed by atoms with Crippen LogP contribution in [0.15, 0.2) is 34.4 Å². The van der Waals surface area contributed by atoms with Crippen LogP contribution < -0.4 is 4.74 Å². The van der Waals surface area contributed by atoms with Gasteiger partial charge in [-0.3, -0.25) is 0 Å². The zero-order valence-electron chi connectivity index (χ0n) is 14.9. The van der Waals surface area contributed by atoms with Crippen LogP contribution in [-0.4, -0.2) is 44.7 Å². The molecule has 0 atom stereocenters. The standard InChI is InChI=1S/C17H21ClN2O5S/c1-4-8-20-15(17(21)25-9-5-2)11-14(19-26(20,22)23)12-6-7-16(24-3)13(18)10-12/h6-7,10-11H,4-5,8-9H2,1-3H3. The molecule has 7 nitrogen and oxygen atoms in total. The summed E-state index contributed by atoms with van der Waals surface area (Å²) in [6, 6.07) is 4.77. The van der Waals surface area contributed by atoms with Gasteiger partial charge < -0.3 is 9.47 Å². The molecule has 0 amide bonds. The average molecular weight is 401 g/mol. The number of hydrogen-bond donors (Lipinski definition) is 0. The normalized spacial score (nSPS) is 15.9. The number of halogens is 1. The lowest BCUT2D eigenvalue weighted by atomic mass is 10.1. The van der Waals surface area contributed by atoms with Gasteiger partial charge in [0.25, 0.3) is 0 Å². The predicted molar refractivity (Wildman–Crippen MR) is 99.8 cm³/mol. The highest BCUT2D eigenvalue weighted by molar-refractivity contribution is 7.88. The summed E-state index contributed by atoms with van der Waals surface area (Å²) in [5.74, 6) is -0.246. The second-order valence-electron chi connectivity index (χ2n) is 5.54. The first kappa shape index (κ1) is 20.3. The number of benzene rings is 1. The minimum atomic E-state index is -4.05. The van der Waals surface area contributed by atoms with E-state index in [1.165, 1.54) is 19.3 Å². The molecule has 1 heterocycles. The van der Waals surface area contributed by atoms with Crippen molar-refractivity contribution >= 4 is 33.5 Å². The van der Waals surface area contributed by atoms with Crippen LogP contribution in [0.1, 0.15) is 32.3 Å². The molecule has 0 spiro atoms. The fraction of sp³-hybridized carbons (Fsp3) is 0.412. The van der Waals surface area contributed by atoms with Crippen molar-refractivity contribution in [1.29, 1.82) is 0 Å². The van der Waals surface area contributed by atoms with Crippen LogP contribution in [0.5, 0.6) is 5.75 Å². The van der Waals surface area contributed by atoms with Gasteiger partial charge in [-0.25, -0.2) is 9.10 Å². The molecule has 1 aliphatic rings. The second-order valence-corrected chi connectivity index (χ2v) is 7.47. The lowest BCUT2D eigenvalue weighted by molar-refractivity contribution is -0.140. The van der Waals surface area contributed by atoms with Gasteiger partial charge in [0.1, 0.15) is 11.4 Å². The van der Waals surface area contributed by atoms with Crippen molar-refractivity contribution in [2.75, 3.05) is 20.3 Å². The molecule has 0 bridgehead atoms. The summed E-state index contributed by atoms with van der Waals surface area (Å²) in [5, 5.41) is 0.310. The first-order valence-corrected chi connectivity index (χ1v) is 9.96. The Morgan fingerprint density at radius 3 is 2.58 bits per heavy atom. The molecule has 0 unspecified atom stereocenters. The molecule has 0 saturated carbocycles. The Morgan fingerprint density at radius 2 is 2.00 bits per heavy atom. The van der Waals surface area contributed by atoms with Gasteiger partial charge in [0.15, 0.2) is 0 Å². The second kappa shape index (κ2) is 8.55. The van der Waals surface area contributed by atoms with Gasteiger partial charge in [-0.1, -0.05) is 25.4 Å². The third kappa shape index (κ3) is 4.37. The van der Waals surface area contributed by atoms with E-state index in [0.29, 0.717) is 29.2 Å². The van der Waals surface area contributed by atoms with Crippen LogP contribution >= 0.6 is 11.6 Å². The Hall–Kier alpha value is -2.06. The number of carbonyl (C=O) groups excluding carboxylic acids is 1. The molecule has 0 fully saturated rings. The Balaban J connectivity index is 2.50. The molecule has 26 heavy (non-hydrogen) atoms. The highest BCUT2D eigenvalue weighted by atomic mass is 35.5. The molecule has 0 radical (unpaired) electrons. The summed E-state index contributed by atoms with van der Waals surface area (Å²) < 4.78 is 40.2. The van der Waals surface area contributed by atoms with Gasteiger partial charge in [-0.15, -0.1) is 4.40 Å². The molecule has 1 aromatic carbocycles. The first-order chi connectivity index (χ1) is 12.3. The maximum Gasteiger partial charge on any atom is 0.355 e. The Kier molecular flexibility index (Phi) is 6.66. The van der Waals surface area contributed by atoms with Gasteiger partial charge >= 0.3 is 16.2 Å². The van der Waals surface area contributed by atoms with Crippen molar-refractivity contribution in [2.24, 2.45) is 4.40 Å². The number of methoxy groups -OCH3 is 1. The molecule has 0 N–H and O–H groups in total. The summed E-state index contributed by atoms with van der Waals surface area (Å²) in [7, 11) is -2.57. The lowest BCUT2D eigenvalue weighted by Gasteiger charge is -2.26. The molecule has 2 rings (SSSR count). The van der Waals surface area contributed by atoms with E-state index in [1.807, 2.05) is 13.8 Å². The van der Waals surface area contributed by atoms with Crippen LogP contribution in [-0.2, 0) is 19.7 Å². The third-order valence-electron chi connectivity index (χ3n) is 3.56. The van der Waals surface area contributed by atoms with Crippen molar-refractivity contribution in [3.63, 3.8) is 0 Å². The van der Waals surface area contributed by atoms with Crippen molar-refractivity contribution in [2.45, 2.75) is 26.7 Å². The van der Waals surface area contributed by atoms with Crippen LogP contribution in [0.25, 0.3) is 0 Å². The summed E-state index contributed by atoms with van der Waals surface area (Å²) in [6.07, 6.45) is 2.57. The Bertz CT molecular complexity index is 849. The highest BCUT2D eigenvalue weighted by Crippen LogP contribution is 2.28. The van der Waals surface area contributed by atoms with E-state index in [2.05, 4.69) is 4.40 Å². The number of hydrogen-bond acceptors (Lipinski definition) is 5. The minimum absolute atomic E-state index is 0.0581. The van der Waals surface area contributed by atoms with Crippen molar-refractivity contribution in [3.05, 3.63) is 40.6 Å². The molecule has 1 aromatic rings. The fourth-order valence-electron chi connectivity index (χ4n) is 2.36. The topological polar surface area (TPSA) is 85.3 Å². The van der Waals surface area contributed by atoms with Gasteiger partial charge in [0.2, 0.25) is 0 Å². The summed E-state index contributed by atoms with van der Waals surface area (Å²) in [4.78, 5) is 12.4. The maximum atomic E-state index is 12.6. The first-order valence-electron chi connectivity index (χ1n) is 8.19. The molecule has 9 heteroatoms. The molecular formula is C17H21ClN2O5S. The van der Waals surface area contributed by atoms with Crippen molar-refractivity contribution in [1.82, 2.24) is 4.31 Å². The van der Waals surface area contributed by atoms with Crippen molar-refractivity contribution < 1.29 is 22.7 Å². The SMILES string of the molecule is CCCOC(=O)C1=CC(c2ccc(OC)c(Cl)c2)=NS(=O)(=O)N1CCC. The molecule has 0 aromatic heterocycles. The molecular weight excluding hydrogens is 380 g/mol. The Morgan fingerprint density at radius 1 is 1.27 bits per heavy atom. The van der Waals surface area contributed by atoms with E-state index in [9.17, 15) is 13.2 Å². The molecule has 1 aliphatic heterocycles. The molecule has 142 valence electrons. The number of allylic oxidation sites excluding steroid dienone is 1. The third-order valence-corrected chi connectivity index (χ3v) is 5.21. The predicted octanol–water partition coefficient (Wildman–Crippen LogP) is 2.95. The van der Waals surface area contributed by atoms with Crippen LogP contribution in [0.4, 0.5) is 0 Å². The van der Waals surface area contributed by atoms with Gasteiger partial charge in [0.05, 0.1) is 24.5 Å². The smallest absolute Gasteiger partial charge is 0.355 e. The van der Waals surface area contributed by atoms with E-state index in [1.54, 1.807) is 12.1 Å². The maximum absolute atomic E-state index is 12.6. The minimum Gasteiger partial charge on any atom is -0.495 e. The summed E-state index contributed by atoms with van der Waals surface area (Å²) >= 11 is 6.11. The fourth-order valence-corrected chi connectivity index (χ4v) is 3.91. The Labute approximate surface area is 158 Å². The van der Waals surface area contributed by atoms with E-state index in [0.717, 1.165) is 4.31 Å². The lowest BCUT2D eigenvalue weighted by Crippen LogP contribution is -2.37. The highest BCUT2D eigenvalue weighted by Gasteiger charge is 2.33. The van der Waals surface area contributed by atoms with Gasteiger partial charge in [-0.2, -0.15) is 8.42 Å². The van der Waals surface area contributed by atoms with E-state index >= 15 is 0 Å². The number of nitrogens with zero attached hydrogens (tertiary/aromatic N) is 2. The van der Waals surface area contributed by atoms with Crippen LogP contribution in [0.3, 0.4) is 0 Å². The van der Waals surface area contributed by atoms with E-state index in [4.69, 9.17) is 21.1 Å². The van der Waals surface area contributed by atoms with Crippen molar-refractivity contribution in [3.8, 4) is 5.75 Å². The molecule has 0 aliphatic carbocycles. The number of esters is 1. The number of ether oxygens (including phenoxy) is 2. The monoisotopic (exact) mass is 400 g/mol. The van der Waals surface area contributed by atoms with Crippen LogP contribution in [0.2, 0.25) is 5.02 Å². The van der Waals surface area contributed by atoms with Gasteiger partial charge in [0, 0.05) is 12.1 Å². The quantitative estimate of drug-likeness (QED) is 0.657. The zero-order chi connectivity index (χ0) is 19.3. The number of rotatable bonds is 7. The van der Waals surface area contributed by atoms with Crippen LogP contribution in [0, 0.1) is 0 Å². The average Bonchev–Trinajstić information content (AvgIpc) is 2.60. The van der Waals surface area contributed by atoms with Gasteiger partial charge in [-0.05, 0) is 37.1 Å². The summed E-state index contributed by atoms with van der Waals surface area (Å²) in [5.41, 5.74) is 0.513. The summed E-state index contributed by atoms with van der Waals surface area (Å²) in [6.45, 7) is 4.01. The van der Waals surface area contributed by atoms with E-state index in [-0.39, 0.29) is 24.6 Å².